The summed E-state index contributed by atoms with van der Waals surface area (Å²) in [6.45, 7) is 0.772. The first-order valence-electron chi connectivity index (χ1n) is 3.71. The van der Waals surface area contributed by atoms with Gasteiger partial charge in [-0.3, -0.25) is 16.1 Å². The molecule has 4 nitrogen and oxygen atoms in total. The van der Waals surface area contributed by atoms with Gasteiger partial charge in [0.05, 0.1) is 5.56 Å². The van der Waals surface area contributed by atoms with E-state index >= 15 is 0 Å². The van der Waals surface area contributed by atoms with E-state index in [0.717, 1.165) is 17.7 Å². The molecule has 0 fully saturated rings. The number of nitrogens with two attached hydrogens (primary N) is 2. The molecule has 0 spiro atoms. The molecule has 0 saturated carbocycles. The van der Waals surface area contributed by atoms with Gasteiger partial charge in [-0.05, 0) is 18.7 Å². The first-order valence-corrected chi connectivity index (χ1v) is 3.71. The third-order valence-corrected chi connectivity index (χ3v) is 1.51. The molecular weight excluding hydrogens is 152 g/mol. The lowest BCUT2D eigenvalue weighted by molar-refractivity contribution is -0.114. The summed E-state index contributed by atoms with van der Waals surface area (Å²) in [4.78, 5) is 4.00. The molecule has 0 amide bonds. The van der Waals surface area contributed by atoms with E-state index < -0.39 is 0 Å². The van der Waals surface area contributed by atoms with Crippen LogP contribution in [0, 0.1) is 0 Å². The molecule has 0 aliphatic rings. The Bertz CT molecular complexity index is 282. The molecule has 5 N–H and O–H groups in total. The zero-order valence-corrected chi connectivity index (χ0v) is 7.04. The van der Waals surface area contributed by atoms with E-state index in [1.165, 1.54) is 0 Å². The summed E-state index contributed by atoms with van der Waals surface area (Å²) in [5, 5.41) is 8.43. The minimum absolute atomic E-state index is 0.306. The second kappa shape index (κ2) is 3.82. The van der Waals surface area contributed by atoms with Gasteiger partial charge in [-0.1, -0.05) is 0 Å². The van der Waals surface area contributed by atoms with Gasteiger partial charge in [0.2, 0.25) is 0 Å². The van der Waals surface area contributed by atoms with Crippen LogP contribution in [0.4, 0.5) is 0 Å². The molecule has 0 aliphatic heterocycles. The first kappa shape index (κ1) is 8.67. The molecule has 0 radical (unpaired) electrons. The molecule has 0 atom stereocenters. The normalized spacial score (nSPS) is 9.75. The predicted molar refractivity (Wildman–Crippen MR) is 47.2 cm³/mol. The fourth-order valence-electron chi connectivity index (χ4n) is 0.946. The van der Waals surface area contributed by atoms with Crippen molar-refractivity contribution in [2.45, 2.75) is 6.54 Å². The molecular formula is C8H13N4+. The second-order valence-electron chi connectivity index (χ2n) is 2.57. The number of hydrogen-bond donors (Lipinski definition) is 3. The molecule has 64 valence electrons. The van der Waals surface area contributed by atoms with Gasteiger partial charge in [-0.2, -0.15) is 0 Å². The summed E-state index contributed by atoms with van der Waals surface area (Å²) in [5.74, 6) is 0.306. The van der Waals surface area contributed by atoms with E-state index in [0.29, 0.717) is 5.84 Å². The summed E-state index contributed by atoms with van der Waals surface area (Å²) in [7, 11) is 1.88. The zero-order valence-electron chi connectivity index (χ0n) is 7.04. The Morgan fingerprint density at radius 1 is 1.67 bits per heavy atom. The number of aromatic nitrogens is 1. The van der Waals surface area contributed by atoms with E-state index in [4.69, 9.17) is 11.1 Å². The predicted octanol–water partition coefficient (Wildman–Crippen LogP) is -1.73. The van der Waals surface area contributed by atoms with E-state index in [2.05, 4.69) is 10.3 Å². The SMILES string of the molecule is CNCc1cncc(C(N)=[NH2+])c1. The van der Waals surface area contributed by atoms with Gasteiger partial charge in [0, 0.05) is 18.9 Å². The van der Waals surface area contributed by atoms with Crippen molar-refractivity contribution >= 4 is 5.84 Å². The highest BCUT2D eigenvalue weighted by Gasteiger charge is 2.01. The summed E-state index contributed by atoms with van der Waals surface area (Å²) < 4.78 is 0. The van der Waals surface area contributed by atoms with Crippen molar-refractivity contribution in [1.82, 2.24) is 10.3 Å². The lowest BCUT2D eigenvalue weighted by atomic mass is 10.2. The quantitative estimate of drug-likeness (QED) is 0.368. The van der Waals surface area contributed by atoms with E-state index in [9.17, 15) is 0 Å². The van der Waals surface area contributed by atoms with Gasteiger partial charge in [-0.15, -0.1) is 0 Å². The van der Waals surface area contributed by atoms with E-state index in [1.807, 2.05) is 13.1 Å². The summed E-state index contributed by atoms with van der Waals surface area (Å²) in [5.41, 5.74) is 7.27. The number of nitrogens with one attached hydrogen (secondary N) is 1. The lowest BCUT2D eigenvalue weighted by Gasteiger charge is -1.99. The Labute approximate surface area is 71.3 Å². The van der Waals surface area contributed by atoms with Crippen LogP contribution in [-0.4, -0.2) is 17.9 Å². The first-order chi connectivity index (χ1) is 5.74. The van der Waals surface area contributed by atoms with Crippen LogP contribution in [-0.2, 0) is 6.54 Å². The number of rotatable bonds is 3. The highest BCUT2D eigenvalue weighted by Crippen LogP contribution is 1.99. The molecule has 0 saturated heterocycles. The highest BCUT2D eigenvalue weighted by atomic mass is 14.8. The maximum Gasteiger partial charge on any atom is 0.272 e. The topological polar surface area (TPSA) is 76.5 Å². The van der Waals surface area contributed by atoms with E-state index in [-0.39, 0.29) is 0 Å². The zero-order chi connectivity index (χ0) is 8.97. The van der Waals surface area contributed by atoms with Crippen LogP contribution in [0.25, 0.3) is 0 Å². The Balaban J connectivity index is 2.88. The monoisotopic (exact) mass is 165 g/mol. The van der Waals surface area contributed by atoms with Crippen molar-refractivity contribution < 1.29 is 5.41 Å². The molecule has 0 bridgehead atoms. The van der Waals surface area contributed by atoms with Gasteiger partial charge >= 0.3 is 0 Å². The van der Waals surface area contributed by atoms with Crippen molar-refractivity contribution in [3.8, 4) is 0 Å². The van der Waals surface area contributed by atoms with Gasteiger partial charge in [0.25, 0.3) is 5.84 Å². The minimum Gasteiger partial charge on any atom is -0.316 e. The van der Waals surface area contributed by atoms with Crippen LogP contribution >= 0.6 is 0 Å². The second-order valence-corrected chi connectivity index (χ2v) is 2.57. The average molecular weight is 165 g/mol. The van der Waals surface area contributed by atoms with Crippen LogP contribution in [0.3, 0.4) is 0 Å². The van der Waals surface area contributed by atoms with Gasteiger partial charge in [0.1, 0.15) is 0 Å². The number of amidine groups is 1. The average Bonchev–Trinajstić information content (AvgIpc) is 2.05. The molecule has 4 heteroatoms. The molecule has 0 unspecified atom stereocenters. The van der Waals surface area contributed by atoms with Crippen LogP contribution < -0.4 is 16.5 Å². The third kappa shape index (κ3) is 2.03. The number of nitrogens with zero attached hydrogens (tertiary/aromatic N) is 1. The molecule has 1 rings (SSSR count). The van der Waals surface area contributed by atoms with Crippen LogP contribution in [0.2, 0.25) is 0 Å². The maximum atomic E-state index is 5.41. The largest absolute Gasteiger partial charge is 0.316 e. The Morgan fingerprint density at radius 2 is 2.42 bits per heavy atom. The Hall–Kier alpha value is -1.42. The van der Waals surface area contributed by atoms with Crippen molar-refractivity contribution in [2.75, 3.05) is 7.05 Å². The van der Waals surface area contributed by atoms with Crippen molar-refractivity contribution in [2.24, 2.45) is 5.73 Å². The van der Waals surface area contributed by atoms with Crippen LogP contribution in [0.15, 0.2) is 18.5 Å². The summed E-state index contributed by atoms with van der Waals surface area (Å²) in [6.07, 6.45) is 3.43. The Kier molecular flexibility index (Phi) is 2.76. The van der Waals surface area contributed by atoms with Crippen molar-refractivity contribution in [3.63, 3.8) is 0 Å². The highest BCUT2D eigenvalue weighted by molar-refractivity contribution is 5.92. The Morgan fingerprint density at radius 3 is 3.00 bits per heavy atom. The fourth-order valence-corrected chi connectivity index (χ4v) is 0.946. The fraction of sp³-hybridized carbons (Fsp3) is 0.250. The molecule has 1 aromatic heterocycles. The van der Waals surface area contributed by atoms with Gasteiger partial charge in [-0.25, -0.2) is 0 Å². The molecule has 1 aromatic rings. The summed E-state index contributed by atoms with van der Waals surface area (Å²) >= 11 is 0. The van der Waals surface area contributed by atoms with Crippen molar-refractivity contribution in [1.29, 1.82) is 0 Å². The number of pyridine rings is 1. The maximum absolute atomic E-state index is 5.41. The van der Waals surface area contributed by atoms with E-state index in [1.54, 1.807) is 12.4 Å². The van der Waals surface area contributed by atoms with Crippen LogP contribution in [0.5, 0.6) is 0 Å². The molecule has 1 heterocycles. The third-order valence-electron chi connectivity index (χ3n) is 1.51. The minimum atomic E-state index is 0.306. The lowest BCUT2D eigenvalue weighted by Crippen LogP contribution is -2.46. The van der Waals surface area contributed by atoms with Gasteiger partial charge in [0.15, 0.2) is 0 Å². The van der Waals surface area contributed by atoms with Crippen molar-refractivity contribution in [3.05, 3.63) is 29.6 Å². The van der Waals surface area contributed by atoms with Gasteiger partial charge < -0.3 is 5.32 Å². The smallest absolute Gasteiger partial charge is 0.272 e. The standard InChI is InChI=1S/C8H12N4/c1-11-3-6-2-7(8(9)10)5-12-4-6/h2,4-5,11H,3H2,1H3,(H3,9,10)/p+1. The number of hydrogen-bond acceptors (Lipinski definition) is 2. The van der Waals surface area contributed by atoms with Crippen LogP contribution in [0.1, 0.15) is 11.1 Å². The molecule has 12 heavy (non-hydrogen) atoms. The molecule has 0 aliphatic carbocycles. The summed E-state index contributed by atoms with van der Waals surface area (Å²) in [6, 6.07) is 1.92. The molecule has 0 aromatic carbocycles.